The zero-order chi connectivity index (χ0) is 23.4. The summed E-state index contributed by atoms with van der Waals surface area (Å²) >= 11 is 2.00. The molecule has 4 fully saturated rings. The Morgan fingerprint density at radius 1 is 0.970 bits per heavy atom. The molecule has 1 saturated carbocycles. The molecule has 1 N–H and O–H groups in total. The molecule has 4 aliphatic rings. The van der Waals surface area contributed by atoms with Crippen molar-refractivity contribution in [1.29, 1.82) is 0 Å². The molecule has 0 spiro atoms. The van der Waals surface area contributed by atoms with Gasteiger partial charge in [0.15, 0.2) is 0 Å². The first-order valence-corrected chi connectivity index (χ1v) is 13.7. The van der Waals surface area contributed by atoms with Crippen molar-refractivity contribution in [3.8, 4) is 0 Å². The second-order valence-corrected chi connectivity index (χ2v) is 11.7. The van der Waals surface area contributed by atoms with E-state index in [1.165, 1.54) is 45.2 Å². The molecule has 0 aromatic carbocycles. The van der Waals surface area contributed by atoms with Crippen molar-refractivity contribution in [2.24, 2.45) is 5.92 Å². The highest BCUT2D eigenvalue weighted by Crippen LogP contribution is 2.29. The van der Waals surface area contributed by atoms with E-state index in [2.05, 4.69) is 14.5 Å². The third kappa shape index (κ3) is 6.42. The van der Waals surface area contributed by atoms with Crippen LogP contribution >= 0.6 is 11.9 Å². The van der Waals surface area contributed by atoms with E-state index in [0.717, 1.165) is 45.1 Å². The first-order valence-electron chi connectivity index (χ1n) is 12.9. The summed E-state index contributed by atoms with van der Waals surface area (Å²) in [5.41, 5.74) is 0. The van der Waals surface area contributed by atoms with Crippen molar-refractivity contribution in [2.75, 3.05) is 52.9 Å². The zero-order valence-corrected chi connectivity index (χ0v) is 21.2. The van der Waals surface area contributed by atoms with Crippen LogP contribution in [0.4, 0.5) is 0 Å². The standard InChI is InChI=1S/C24H41N5O3S/c1-18(25-23(31)19-16-22(30)26(2)17-19)24(32)28-10-8-21(9-11-28)33-29-14-12-27(13-15-29)20-6-4-3-5-7-20/h18-21H,3-17H2,1-2H3,(H,25,31). The van der Waals surface area contributed by atoms with Crippen LogP contribution in [0.5, 0.6) is 0 Å². The summed E-state index contributed by atoms with van der Waals surface area (Å²) in [6.45, 7) is 8.36. The molecule has 9 heteroatoms. The maximum absolute atomic E-state index is 12.9. The van der Waals surface area contributed by atoms with Gasteiger partial charge in [0.05, 0.1) is 5.92 Å². The van der Waals surface area contributed by atoms with E-state index < -0.39 is 6.04 Å². The van der Waals surface area contributed by atoms with Gasteiger partial charge in [-0.2, -0.15) is 0 Å². The number of piperazine rings is 1. The van der Waals surface area contributed by atoms with E-state index in [9.17, 15) is 14.4 Å². The van der Waals surface area contributed by atoms with Crippen molar-refractivity contribution < 1.29 is 14.4 Å². The molecule has 0 aromatic rings. The monoisotopic (exact) mass is 479 g/mol. The molecule has 3 saturated heterocycles. The van der Waals surface area contributed by atoms with Crippen molar-refractivity contribution in [2.45, 2.75) is 75.6 Å². The average Bonchev–Trinajstić information content (AvgIpc) is 3.18. The Hall–Kier alpha value is -1.32. The minimum absolute atomic E-state index is 0.00873. The van der Waals surface area contributed by atoms with Gasteiger partial charge in [-0.25, -0.2) is 4.31 Å². The Morgan fingerprint density at radius 2 is 1.64 bits per heavy atom. The van der Waals surface area contributed by atoms with Crippen molar-refractivity contribution >= 4 is 29.7 Å². The highest BCUT2D eigenvalue weighted by Gasteiger charge is 2.35. The molecule has 186 valence electrons. The fourth-order valence-corrected chi connectivity index (χ4v) is 6.94. The van der Waals surface area contributed by atoms with Crippen molar-refractivity contribution in [3.63, 3.8) is 0 Å². The quantitative estimate of drug-likeness (QED) is 0.583. The van der Waals surface area contributed by atoms with Crippen LogP contribution < -0.4 is 5.32 Å². The largest absolute Gasteiger partial charge is 0.345 e. The Kier molecular flexibility index (Phi) is 8.57. The molecule has 2 atom stereocenters. The number of likely N-dealkylation sites (tertiary alicyclic amines) is 2. The molecule has 33 heavy (non-hydrogen) atoms. The molecule has 3 aliphatic heterocycles. The van der Waals surface area contributed by atoms with Gasteiger partial charge < -0.3 is 15.1 Å². The Labute approximate surface area is 202 Å². The van der Waals surface area contributed by atoms with Crippen LogP contribution in [-0.2, 0) is 14.4 Å². The van der Waals surface area contributed by atoms with Gasteiger partial charge in [0.25, 0.3) is 0 Å². The lowest BCUT2D eigenvalue weighted by atomic mass is 9.94. The normalized spacial score (nSPS) is 27.7. The third-order valence-corrected chi connectivity index (χ3v) is 9.29. The highest BCUT2D eigenvalue weighted by atomic mass is 32.2. The summed E-state index contributed by atoms with van der Waals surface area (Å²) < 4.78 is 2.55. The number of rotatable bonds is 6. The van der Waals surface area contributed by atoms with Gasteiger partial charge in [0.1, 0.15) is 6.04 Å². The van der Waals surface area contributed by atoms with Crippen LogP contribution in [0.2, 0.25) is 0 Å². The molecule has 0 aromatic heterocycles. The van der Waals surface area contributed by atoms with E-state index >= 15 is 0 Å². The molecular weight excluding hydrogens is 438 g/mol. The van der Waals surface area contributed by atoms with Gasteiger partial charge in [-0.05, 0) is 32.6 Å². The highest BCUT2D eigenvalue weighted by molar-refractivity contribution is 7.97. The Morgan fingerprint density at radius 3 is 2.24 bits per heavy atom. The molecule has 8 nitrogen and oxygen atoms in total. The van der Waals surface area contributed by atoms with Gasteiger partial charge in [0, 0.05) is 70.6 Å². The smallest absolute Gasteiger partial charge is 0.244 e. The fraction of sp³-hybridized carbons (Fsp3) is 0.875. The maximum Gasteiger partial charge on any atom is 0.244 e. The van der Waals surface area contributed by atoms with Gasteiger partial charge in [-0.15, -0.1) is 0 Å². The molecule has 4 rings (SSSR count). The number of hydrogen-bond donors (Lipinski definition) is 1. The fourth-order valence-electron chi connectivity index (χ4n) is 5.72. The predicted octanol–water partition coefficient (Wildman–Crippen LogP) is 1.56. The Bertz CT molecular complexity index is 700. The topological polar surface area (TPSA) is 76.2 Å². The molecule has 0 radical (unpaired) electrons. The molecule has 1 aliphatic carbocycles. The zero-order valence-electron chi connectivity index (χ0n) is 20.3. The summed E-state index contributed by atoms with van der Waals surface area (Å²) in [6.07, 6.45) is 9.22. The first kappa shape index (κ1) is 24.8. The lowest BCUT2D eigenvalue weighted by Crippen LogP contribution is -2.51. The molecular formula is C24H41N5O3S. The van der Waals surface area contributed by atoms with Crippen LogP contribution in [0.3, 0.4) is 0 Å². The van der Waals surface area contributed by atoms with E-state index in [-0.39, 0.29) is 30.1 Å². The third-order valence-electron chi connectivity index (χ3n) is 7.86. The number of hydrogen-bond acceptors (Lipinski definition) is 6. The first-order chi connectivity index (χ1) is 15.9. The SMILES string of the molecule is CC(NC(=O)C1CC(=O)N(C)C1)C(=O)N1CCC(SN2CCN(C3CCCCC3)CC2)CC1. The number of amides is 3. The maximum atomic E-state index is 12.9. The summed E-state index contributed by atoms with van der Waals surface area (Å²) in [5, 5.41) is 3.41. The summed E-state index contributed by atoms with van der Waals surface area (Å²) in [5.74, 6) is -0.556. The Balaban J connectivity index is 1.14. The number of piperidine rings is 1. The molecule has 2 unspecified atom stereocenters. The van der Waals surface area contributed by atoms with Gasteiger partial charge in [-0.1, -0.05) is 31.2 Å². The van der Waals surface area contributed by atoms with Crippen molar-refractivity contribution in [1.82, 2.24) is 24.3 Å². The van der Waals surface area contributed by atoms with Crippen LogP contribution in [0.25, 0.3) is 0 Å². The van der Waals surface area contributed by atoms with Crippen LogP contribution in [0, 0.1) is 5.92 Å². The summed E-state index contributed by atoms with van der Waals surface area (Å²) in [7, 11) is 1.71. The lowest BCUT2D eigenvalue weighted by Gasteiger charge is -2.42. The van der Waals surface area contributed by atoms with Crippen LogP contribution in [0.15, 0.2) is 0 Å². The lowest BCUT2D eigenvalue weighted by molar-refractivity contribution is -0.137. The van der Waals surface area contributed by atoms with Gasteiger partial charge >= 0.3 is 0 Å². The molecule has 3 amide bonds. The number of carbonyl (C=O) groups is 3. The van der Waals surface area contributed by atoms with E-state index in [0.29, 0.717) is 11.8 Å². The average molecular weight is 480 g/mol. The van der Waals surface area contributed by atoms with Crippen LogP contribution in [0.1, 0.15) is 58.3 Å². The number of carbonyl (C=O) groups excluding carboxylic acids is 3. The van der Waals surface area contributed by atoms with E-state index in [4.69, 9.17) is 0 Å². The number of nitrogens with one attached hydrogen (secondary N) is 1. The summed E-state index contributed by atoms with van der Waals surface area (Å²) in [4.78, 5) is 43.2. The molecule has 0 bridgehead atoms. The van der Waals surface area contributed by atoms with E-state index in [1.807, 2.05) is 16.8 Å². The van der Waals surface area contributed by atoms with Gasteiger partial charge in [0.2, 0.25) is 17.7 Å². The van der Waals surface area contributed by atoms with Crippen molar-refractivity contribution in [3.05, 3.63) is 0 Å². The van der Waals surface area contributed by atoms with E-state index in [1.54, 1.807) is 18.9 Å². The predicted molar refractivity (Wildman–Crippen MR) is 131 cm³/mol. The minimum Gasteiger partial charge on any atom is -0.345 e. The summed E-state index contributed by atoms with van der Waals surface area (Å²) in [6, 6.07) is 0.272. The van der Waals surface area contributed by atoms with Gasteiger partial charge in [-0.3, -0.25) is 19.3 Å². The second-order valence-electron chi connectivity index (χ2n) is 10.3. The molecule has 3 heterocycles. The van der Waals surface area contributed by atoms with Crippen LogP contribution in [-0.4, -0.2) is 107 Å². The minimum atomic E-state index is -0.546. The second kappa shape index (κ2) is 11.4. The number of nitrogens with zero attached hydrogens (tertiary/aromatic N) is 4.